The van der Waals surface area contributed by atoms with Gasteiger partial charge in [0, 0.05) is 6.42 Å². The third-order valence-corrected chi connectivity index (χ3v) is 0.885. The molecule has 0 rings (SSSR count). The Morgan fingerprint density at radius 3 is 2.67 bits per heavy atom. The molecule has 2 nitrogen and oxygen atoms in total. The molecule has 0 unspecified atom stereocenters. The number of amidine groups is 1. The van der Waals surface area contributed by atoms with Gasteiger partial charge in [0.15, 0.2) is 0 Å². The summed E-state index contributed by atoms with van der Waals surface area (Å²) >= 11 is 0. The molecule has 0 atom stereocenters. The van der Waals surface area contributed by atoms with Crippen molar-refractivity contribution in [1.82, 2.24) is 0 Å². The van der Waals surface area contributed by atoms with Gasteiger partial charge in [-0.3, -0.25) is 0 Å². The highest BCUT2D eigenvalue weighted by Gasteiger charge is 1.84. The maximum Gasteiger partial charge on any atom is 0.0993 e. The van der Waals surface area contributed by atoms with Crippen LogP contribution in [-0.2, 0) is 0 Å². The van der Waals surface area contributed by atoms with Crippen LogP contribution in [0.1, 0.15) is 13.3 Å². The fourth-order valence-electron chi connectivity index (χ4n) is 0.309. The van der Waals surface area contributed by atoms with Gasteiger partial charge in [0.1, 0.15) is 0 Å². The van der Waals surface area contributed by atoms with Crippen molar-refractivity contribution in [2.45, 2.75) is 13.3 Å². The maximum atomic E-state index is 5.39. The van der Waals surface area contributed by atoms with Crippen LogP contribution in [0.15, 0.2) is 29.9 Å². The predicted octanol–water partition coefficient (Wildman–Crippen LogP) is 1.45. The van der Waals surface area contributed by atoms with E-state index in [-0.39, 0.29) is 0 Å². The van der Waals surface area contributed by atoms with Crippen LogP contribution in [0.3, 0.4) is 0 Å². The molecule has 0 aromatic rings. The van der Waals surface area contributed by atoms with Crippen LogP contribution in [0.25, 0.3) is 0 Å². The largest absolute Gasteiger partial charge is 0.387 e. The predicted molar refractivity (Wildman–Crippen MR) is 41.3 cm³/mol. The number of allylic oxidation sites excluding steroid dienone is 1. The van der Waals surface area contributed by atoms with Crippen LogP contribution in [0.2, 0.25) is 0 Å². The molecule has 50 valence electrons. The van der Waals surface area contributed by atoms with Gasteiger partial charge < -0.3 is 5.73 Å². The van der Waals surface area contributed by atoms with Crippen molar-refractivity contribution < 1.29 is 0 Å². The summed E-state index contributed by atoms with van der Waals surface area (Å²) in [5.74, 6) is 0.597. The molecule has 0 aromatic carbocycles. The molecule has 2 heteroatoms. The lowest BCUT2D eigenvalue weighted by atomic mass is 10.4. The van der Waals surface area contributed by atoms with Gasteiger partial charge >= 0.3 is 0 Å². The summed E-state index contributed by atoms with van der Waals surface area (Å²) in [6.45, 7) is 9.00. The molecule has 9 heavy (non-hydrogen) atoms. The Morgan fingerprint density at radius 2 is 2.33 bits per heavy atom. The van der Waals surface area contributed by atoms with Gasteiger partial charge in [-0.25, -0.2) is 4.99 Å². The van der Waals surface area contributed by atoms with Crippen LogP contribution in [0, 0.1) is 0 Å². The van der Waals surface area contributed by atoms with Gasteiger partial charge in [0.05, 0.1) is 11.5 Å². The molecule has 0 bridgehead atoms. The van der Waals surface area contributed by atoms with Crippen molar-refractivity contribution in [3.63, 3.8) is 0 Å². The Morgan fingerprint density at radius 1 is 1.78 bits per heavy atom. The smallest absolute Gasteiger partial charge is 0.0993 e. The molecule has 0 saturated heterocycles. The number of aliphatic imine (C=N–C) groups is 1. The average molecular weight is 124 g/mol. The molecule has 0 radical (unpaired) electrons. The van der Waals surface area contributed by atoms with E-state index in [9.17, 15) is 0 Å². The van der Waals surface area contributed by atoms with Gasteiger partial charge in [-0.1, -0.05) is 20.1 Å². The second-order valence-corrected chi connectivity index (χ2v) is 1.65. The van der Waals surface area contributed by atoms with Gasteiger partial charge in [-0.05, 0) is 6.08 Å². The maximum absolute atomic E-state index is 5.39. The van der Waals surface area contributed by atoms with Crippen molar-refractivity contribution in [2.24, 2.45) is 10.7 Å². The van der Waals surface area contributed by atoms with E-state index in [0.29, 0.717) is 11.5 Å². The van der Waals surface area contributed by atoms with E-state index in [1.54, 1.807) is 6.08 Å². The van der Waals surface area contributed by atoms with Crippen molar-refractivity contribution in [1.29, 1.82) is 0 Å². The van der Waals surface area contributed by atoms with Crippen molar-refractivity contribution in [3.05, 3.63) is 24.9 Å². The molecule has 0 heterocycles. The SMILES string of the molecule is C=CC(=C)N=C(N)CC. The Labute approximate surface area is 55.8 Å². The number of nitrogens with two attached hydrogens (primary N) is 1. The quantitative estimate of drug-likeness (QED) is 0.345. The molecule has 0 saturated carbocycles. The molecule has 0 aliphatic heterocycles. The Balaban J connectivity index is 3.94. The number of nitrogens with zero attached hydrogens (tertiary/aromatic N) is 1. The zero-order valence-electron chi connectivity index (χ0n) is 5.72. The third kappa shape index (κ3) is 3.53. The molecule has 0 aliphatic carbocycles. The zero-order chi connectivity index (χ0) is 7.28. The van der Waals surface area contributed by atoms with E-state index in [2.05, 4.69) is 18.2 Å². The monoisotopic (exact) mass is 124 g/mol. The lowest BCUT2D eigenvalue weighted by Gasteiger charge is -1.92. The number of hydrogen-bond donors (Lipinski definition) is 1. The summed E-state index contributed by atoms with van der Waals surface area (Å²) < 4.78 is 0. The Hall–Kier alpha value is -1.05. The molecular weight excluding hydrogens is 112 g/mol. The summed E-state index contributed by atoms with van der Waals surface area (Å²) in [5.41, 5.74) is 6.01. The summed E-state index contributed by atoms with van der Waals surface area (Å²) in [6.07, 6.45) is 2.33. The minimum absolute atomic E-state index is 0.597. The lowest BCUT2D eigenvalue weighted by molar-refractivity contribution is 1.22. The van der Waals surface area contributed by atoms with Gasteiger partial charge in [-0.2, -0.15) is 0 Å². The number of hydrogen-bond acceptors (Lipinski definition) is 1. The van der Waals surface area contributed by atoms with Gasteiger partial charge in [-0.15, -0.1) is 0 Å². The minimum atomic E-state index is 0.597. The summed E-state index contributed by atoms with van der Waals surface area (Å²) in [5, 5.41) is 0. The van der Waals surface area contributed by atoms with Crippen molar-refractivity contribution >= 4 is 5.84 Å². The fourth-order valence-corrected chi connectivity index (χ4v) is 0.309. The molecule has 0 spiro atoms. The molecule has 0 aliphatic rings. The highest BCUT2D eigenvalue weighted by atomic mass is 14.8. The zero-order valence-corrected chi connectivity index (χ0v) is 5.72. The lowest BCUT2D eigenvalue weighted by Crippen LogP contribution is -2.09. The first-order chi connectivity index (χ1) is 4.20. The van der Waals surface area contributed by atoms with Crippen LogP contribution in [0.4, 0.5) is 0 Å². The summed E-state index contributed by atoms with van der Waals surface area (Å²) in [4.78, 5) is 3.90. The molecule has 0 amide bonds. The first kappa shape index (κ1) is 7.95. The van der Waals surface area contributed by atoms with E-state index in [0.717, 1.165) is 6.42 Å². The first-order valence-electron chi connectivity index (χ1n) is 2.85. The topological polar surface area (TPSA) is 38.4 Å². The molecule has 2 N–H and O–H groups in total. The van der Waals surface area contributed by atoms with Gasteiger partial charge in [0.25, 0.3) is 0 Å². The highest BCUT2D eigenvalue weighted by Crippen LogP contribution is 1.92. The van der Waals surface area contributed by atoms with E-state index in [4.69, 9.17) is 5.73 Å². The average Bonchev–Trinajstić information content (AvgIpc) is 1.87. The minimum Gasteiger partial charge on any atom is -0.387 e. The van der Waals surface area contributed by atoms with E-state index < -0.39 is 0 Å². The summed E-state index contributed by atoms with van der Waals surface area (Å²) in [6, 6.07) is 0. The molecular formula is C7H12N2. The third-order valence-electron chi connectivity index (χ3n) is 0.885. The van der Waals surface area contributed by atoms with E-state index >= 15 is 0 Å². The van der Waals surface area contributed by atoms with Crippen LogP contribution >= 0.6 is 0 Å². The molecule has 0 fully saturated rings. The Kier molecular flexibility index (Phi) is 3.44. The van der Waals surface area contributed by atoms with Crippen LogP contribution in [-0.4, -0.2) is 5.84 Å². The number of rotatable bonds is 3. The van der Waals surface area contributed by atoms with E-state index in [1.165, 1.54) is 0 Å². The van der Waals surface area contributed by atoms with Crippen molar-refractivity contribution in [3.8, 4) is 0 Å². The Bertz CT molecular complexity index is 145. The first-order valence-corrected chi connectivity index (χ1v) is 2.85. The highest BCUT2D eigenvalue weighted by molar-refractivity contribution is 5.81. The van der Waals surface area contributed by atoms with E-state index in [1.807, 2.05) is 6.92 Å². The summed E-state index contributed by atoms with van der Waals surface area (Å²) in [7, 11) is 0. The van der Waals surface area contributed by atoms with Crippen molar-refractivity contribution in [2.75, 3.05) is 0 Å². The molecule has 0 aromatic heterocycles. The second-order valence-electron chi connectivity index (χ2n) is 1.65. The second kappa shape index (κ2) is 3.89. The fraction of sp³-hybridized carbons (Fsp3) is 0.286. The van der Waals surface area contributed by atoms with Crippen LogP contribution in [0.5, 0.6) is 0 Å². The van der Waals surface area contributed by atoms with Gasteiger partial charge in [0.2, 0.25) is 0 Å². The normalized spacial score (nSPS) is 11.0. The standard InChI is InChI=1S/C7H12N2/c1-4-6(3)9-7(8)5-2/h4H,1,3,5H2,2H3,(H2,8,9). The van der Waals surface area contributed by atoms with Crippen LogP contribution < -0.4 is 5.73 Å².